The van der Waals surface area contributed by atoms with Gasteiger partial charge < -0.3 is 5.32 Å². The normalized spacial score (nSPS) is 9.07. The maximum atomic E-state index is 6.04. The average molecular weight is 208 g/mol. The van der Waals surface area contributed by atoms with Crippen molar-refractivity contribution in [3.8, 4) is 11.8 Å². The standard InChI is InChI=1S/C12H14ClN/c1-3-4-5-8-14-12-7-6-10(2)9-11(12)13/h6-7,9,14H,5,8H2,1-2H3. The molecule has 0 aromatic heterocycles. The Morgan fingerprint density at radius 2 is 2.21 bits per heavy atom. The van der Waals surface area contributed by atoms with Crippen molar-refractivity contribution in [1.29, 1.82) is 0 Å². The zero-order valence-corrected chi connectivity index (χ0v) is 9.28. The summed E-state index contributed by atoms with van der Waals surface area (Å²) in [5.74, 6) is 5.85. The number of rotatable bonds is 3. The molecule has 0 aliphatic rings. The van der Waals surface area contributed by atoms with E-state index in [1.807, 2.05) is 32.0 Å². The third kappa shape index (κ3) is 3.32. The van der Waals surface area contributed by atoms with Crippen molar-refractivity contribution >= 4 is 17.3 Å². The summed E-state index contributed by atoms with van der Waals surface area (Å²) in [6.45, 7) is 4.71. The highest BCUT2D eigenvalue weighted by Crippen LogP contribution is 2.22. The summed E-state index contributed by atoms with van der Waals surface area (Å²) in [4.78, 5) is 0. The van der Waals surface area contributed by atoms with E-state index in [1.54, 1.807) is 0 Å². The second-order valence-electron chi connectivity index (χ2n) is 3.09. The van der Waals surface area contributed by atoms with E-state index < -0.39 is 0 Å². The fourth-order valence-corrected chi connectivity index (χ4v) is 1.45. The van der Waals surface area contributed by atoms with Crippen molar-refractivity contribution in [3.63, 3.8) is 0 Å². The quantitative estimate of drug-likeness (QED) is 0.591. The number of benzene rings is 1. The molecule has 0 bridgehead atoms. The van der Waals surface area contributed by atoms with Crippen LogP contribution in [0, 0.1) is 18.8 Å². The predicted octanol–water partition coefficient (Wildman–Crippen LogP) is 3.47. The summed E-state index contributed by atoms with van der Waals surface area (Å²) in [5, 5.41) is 4.01. The van der Waals surface area contributed by atoms with Crippen molar-refractivity contribution in [3.05, 3.63) is 28.8 Å². The summed E-state index contributed by atoms with van der Waals surface area (Å²) < 4.78 is 0. The number of nitrogens with one attached hydrogen (secondary N) is 1. The van der Waals surface area contributed by atoms with Gasteiger partial charge in [-0.2, -0.15) is 0 Å². The maximum absolute atomic E-state index is 6.04. The molecule has 0 radical (unpaired) electrons. The van der Waals surface area contributed by atoms with Crippen LogP contribution in [0.2, 0.25) is 5.02 Å². The first-order valence-corrected chi connectivity index (χ1v) is 5.01. The predicted molar refractivity (Wildman–Crippen MR) is 62.7 cm³/mol. The molecule has 0 saturated heterocycles. The molecule has 0 spiro atoms. The monoisotopic (exact) mass is 207 g/mol. The SMILES string of the molecule is CC#CCCNc1ccc(C)cc1Cl. The molecule has 0 atom stereocenters. The molecule has 1 rings (SSSR count). The summed E-state index contributed by atoms with van der Waals surface area (Å²) in [6.07, 6.45) is 0.848. The highest BCUT2D eigenvalue weighted by atomic mass is 35.5. The van der Waals surface area contributed by atoms with Gasteiger partial charge in [-0.3, -0.25) is 0 Å². The van der Waals surface area contributed by atoms with Gasteiger partial charge in [0.05, 0.1) is 10.7 Å². The Bertz CT molecular complexity index is 360. The molecule has 1 aromatic carbocycles. The van der Waals surface area contributed by atoms with Crippen LogP contribution in [0.3, 0.4) is 0 Å². The lowest BCUT2D eigenvalue weighted by atomic mass is 10.2. The first-order chi connectivity index (χ1) is 6.74. The van der Waals surface area contributed by atoms with Crippen LogP contribution in [0.15, 0.2) is 18.2 Å². The first kappa shape index (κ1) is 10.9. The molecule has 74 valence electrons. The van der Waals surface area contributed by atoms with Gasteiger partial charge in [-0.15, -0.1) is 11.8 Å². The summed E-state index contributed by atoms with van der Waals surface area (Å²) >= 11 is 6.04. The minimum atomic E-state index is 0.773. The topological polar surface area (TPSA) is 12.0 Å². The van der Waals surface area contributed by atoms with Crippen LogP contribution in [0.4, 0.5) is 5.69 Å². The minimum absolute atomic E-state index is 0.773. The van der Waals surface area contributed by atoms with E-state index in [4.69, 9.17) is 11.6 Å². The Morgan fingerprint density at radius 3 is 2.86 bits per heavy atom. The Balaban J connectivity index is 2.53. The van der Waals surface area contributed by atoms with Crippen molar-refractivity contribution in [2.45, 2.75) is 20.3 Å². The summed E-state index contributed by atoms with van der Waals surface area (Å²) in [5.41, 5.74) is 2.16. The van der Waals surface area contributed by atoms with Gasteiger partial charge in [0, 0.05) is 13.0 Å². The van der Waals surface area contributed by atoms with Crippen LogP contribution in [0.25, 0.3) is 0 Å². The lowest BCUT2D eigenvalue weighted by Gasteiger charge is -2.06. The van der Waals surface area contributed by atoms with Gasteiger partial charge in [0.15, 0.2) is 0 Å². The van der Waals surface area contributed by atoms with Crippen molar-refractivity contribution < 1.29 is 0 Å². The Morgan fingerprint density at radius 1 is 1.43 bits per heavy atom. The van der Waals surface area contributed by atoms with Gasteiger partial charge in [-0.05, 0) is 31.5 Å². The zero-order valence-electron chi connectivity index (χ0n) is 8.52. The smallest absolute Gasteiger partial charge is 0.0640 e. The van der Waals surface area contributed by atoms with Gasteiger partial charge in [0.1, 0.15) is 0 Å². The molecule has 0 amide bonds. The highest BCUT2D eigenvalue weighted by Gasteiger charge is 1.97. The van der Waals surface area contributed by atoms with Crippen molar-refractivity contribution in [2.75, 3.05) is 11.9 Å². The largest absolute Gasteiger partial charge is 0.383 e. The van der Waals surface area contributed by atoms with Gasteiger partial charge in [-0.1, -0.05) is 17.7 Å². The first-order valence-electron chi connectivity index (χ1n) is 4.63. The number of hydrogen-bond acceptors (Lipinski definition) is 1. The second kappa shape index (κ2) is 5.57. The third-order valence-corrected chi connectivity index (χ3v) is 2.18. The molecule has 0 unspecified atom stereocenters. The zero-order chi connectivity index (χ0) is 10.4. The van der Waals surface area contributed by atoms with E-state index in [-0.39, 0.29) is 0 Å². The molecule has 2 heteroatoms. The van der Waals surface area contributed by atoms with Gasteiger partial charge in [-0.25, -0.2) is 0 Å². The minimum Gasteiger partial charge on any atom is -0.383 e. The molecule has 0 heterocycles. The molecule has 0 aliphatic carbocycles. The van der Waals surface area contributed by atoms with Crippen LogP contribution < -0.4 is 5.32 Å². The lowest BCUT2D eigenvalue weighted by molar-refractivity contribution is 1.10. The number of halogens is 1. The van der Waals surface area contributed by atoms with E-state index in [1.165, 1.54) is 5.56 Å². The van der Waals surface area contributed by atoms with E-state index >= 15 is 0 Å². The highest BCUT2D eigenvalue weighted by molar-refractivity contribution is 6.33. The third-order valence-electron chi connectivity index (χ3n) is 1.87. The van der Waals surface area contributed by atoms with Gasteiger partial charge in [0.25, 0.3) is 0 Å². The molecular formula is C12H14ClN. The summed E-state index contributed by atoms with van der Waals surface area (Å²) in [7, 11) is 0. The lowest BCUT2D eigenvalue weighted by Crippen LogP contribution is -2.00. The number of aryl methyl sites for hydroxylation is 1. The maximum Gasteiger partial charge on any atom is 0.0640 e. The number of hydrogen-bond donors (Lipinski definition) is 1. The van der Waals surface area contributed by atoms with Crippen molar-refractivity contribution in [1.82, 2.24) is 0 Å². The molecule has 1 aromatic rings. The molecule has 1 nitrogen and oxygen atoms in total. The Kier molecular flexibility index (Phi) is 4.35. The fraction of sp³-hybridized carbons (Fsp3) is 0.333. The van der Waals surface area contributed by atoms with Crippen LogP contribution in [0.1, 0.15) is 18.9 Å². The van der Waals surface area contributed by atoms with Crippen molar-refractivity contribution in [2.24, 2.45) is 0 Å². The molecule has 1 N–H and O–H groups in total. The van der Waals surface area contributed by atoms with Crippen LogP contribution in [-0.2, 0) is 0 Å². The van der Waals surface area contributed by atoms with Crippen LogP contribution >= 0.6 is 11.6 Å². The van der Waals surface area contributed by atoms with E-state index in [9.17, 15) is 0 Å². The average Bonchev–Trinajstić information content (AvgIpc) is 2.15. The molecule has 0 aliphatic heterocycles. The molecule has 0 saturated carbocycles. The number of anilines is 1. The molecule has 0 fully saturated rings. The van der Waals surface area contributed by atoms with Gasteiger partial charge in [0.2, 0.25) is 0 Å². The van der Waals surface area contributed by atoms with E-state index in [2.05, 4.69) is 17.2 Å². The van der Waals surface area contributed by atoms with E-state index in [0.29, 0.717) is 0 Å². The molecular weight excluding hydrogens is 194 g/mol. The fourth-order valence-electron chi connectivity index (χ4n) is 1.15. The van der Waals surface area contributed by atoms with E-state index in [0.717, 1.165) is 23.7 Å². The van der Waals surface area contributed by atoms with Crippen LogP contribution in [-0.4, -0.2) is 6.54 Å². The van der Waals surface area contributed by atoms with Gasteiger partial charge >= 0.3 is 0 Å². The molecule has 14 heavy (non-hydrogen) atoms. The Labute approximate surface area is 90.5 Å². The Hall–Kier alpha value is -1.13. The summed E-state index contributed by atoms with van der Waals surface area (Å²) in [6, 6.07) is 5.99. The second-order valence-corrected chi connectivity index (χ2v) is 3.49. The van der Waals surface area contributed by atoms with Crippen LogP contribution in [0.5, 0.6) is 0 Å².